The number of aromatic nitrogens is 1. The van der Waals surface area contributed by atoms with Crippen LogP contribution in [-0.2, 0) is 16.3 Å². The number of nitrogens with zero attached hydrogens (tertiary/aromatic N) is 2. The van der Waals surface area contributed by atoms with E-state index in [1.165, 1.54) is 16.2 Å². The zero-order valence-corrected chi connectivity index (χ0v) is 15.4. The first-order valence-corrected chi connectivity index (χ1v) is 8.97. The Bertz CT molecular complexity index is 792. The molecule has 3 rings (SSSR count). The van der Waals surface area contributed by atoms with E-state index < -0.39 is 29.5 Å². The maximum absolute atomic E-state index is 13.0. The average molecular weight is 388 g/mol. The minimum Gasteiger partial charge on any atom is -0.459 e. The second kappa shape index (κ2) is 6.70. The molecule has 0 aromatic carbocycles. The summed E-state index contributed by atoms with van der Waals surface area (Å²) in [4.78, 5) is 18.5. The van der Waals surface area contributed by atoms with Gasteiger partial charge in [0.15, 0.2) is 0 Å². The first-order valence-electron chi connectivity index (χ1n) is 8.09. The van der Waals surface area contributed by atoms with E-state index in [2.05, 4.69) is 9.40 Å². The normalized spacial score (nSPS) is 19.0. The van der Waals surface area contributed by atoms with E-state index in [4.69, 9.17) is 4.74 Å². The molecule has 1 saturated heterocycles. The molecular formula is C17H19F3N2O3S. The summed E-state index contributed by atoms with van der Waals surface area (Å²) in [7, 11) is 0. The van der Waals surface area contributed by atoms with Crippen molar-refractivity contribution in [2.45, 2.75) is 38.5 Å². The molecule has 2 aromatic rings. The Morgan fingerprint density at radius 3 is 2.69 bits per heavy atom. The van der Waals surface area contributed by atoms with Crippen LogP contribution >= 0.6 is 11.3 Å². The van der Waals surface area contributed by atoms with Crippen LogP contribution in [-0.4, -0.2) is 35.5 Å². The van der Waals surface area contributed by atoms with Gasteiger partial charge in [-0.25, -0.2) is 4.98 Å². The number of carbonyl (C=O) groups excluding carboxylic acids is 1. The zero-order chi connectivity index (χ0) is 19.1. The molecule has 0 aliphatic carbocycles. The van der Waals surface area contributed by atoms with Crippen molar-refractivity contribution in [2.75, 3.05) is 19.7 Å². The molecule has 0 radical (unpaired) electrons. The minimum atomic E-state index is -4.71. The molecule has 5 nitrogen and oxygen atoms in total. The topological polar surface area (TPSA) is 55.6 Å². The van der Waals surface area contributed by atoms with Gasteiger partial charge in [-0.15, -0.1) is 11.3 Å². The molecule has 0 spiro atoms. The van der Waals surface area contributed by atoms with Crippen molar-refractivity contribution in [3.8, 4) is 0 Å². The minimum absolute atomic E-state index is 0.114. The lowest BCUT2D eigenvalue weighted by Gasteiger charge is -2.32. The van der Waals surface area contributed by atoms with Gasteiger partial charge in [-0.2, -0.15) is 13.2 Å². The van der Waals surface area contributed by atoms with E-state index in [-0.39, 0.29) is 25.1 Å². The summed E-state index contributed by atoms with van der Waals surface area (Å²) in [5.74, 6) is -1.98. The van der Waals surface area contributed by atoms with Gasteiger partial charge < -0.3 is 14.1 Å². The number of thiazole rings is 1. The Hall–Kier alpha value is -1.87. The molecule has 0 saturated carbocycles. The van der Waals surface area contributed by atoms with Gasteiger partial charge in [0, 0.05) is 17.3 Å². The number of alkyl halides is 3. The summed E-state index contributed by atoms with van der Waals surface area (Å²) in [6, 6.07) is 1.05. The van der Waals surface area contributed by atoms with E-state index in [9.17, 15) is 18.0 Å². The largest absolute Gasteiger partial charge is 0.459 e. The zero-order valence-electron chi connectivity index (χ0n) is 14.6. The van der Waals surface area contributed by atoms with Gasteiger partial charge in [0.05, 0.1) is 30.7 Å². The Morgan fingerprint density at radius 1 is 1.35 bits per heavy atom. The van der Waals surface area contributed by atoms with Crippen LogP contribution in [0.3, 0.4) is 0 Å². The Balaban J connectivity index is 1.78. The molecule has 26 heavy (non-hydrogen) atoms. The third-order valence-electron chi connectivity index (χ3n) is 4.07. The highest BCUT2D eigenvalue weighted by Crippen LogP contribution is 2.34. The summed E-state index contributed by atoms with van der Waals surface area (Å²) in [5, 5.41) is 2.66. The van der Waals surface area contributed by atoms with Crippen molar-refractivity contribution in [3.63, 3.8) is 0 Å². The van der Waals surface area contributed by atoms with E-state index >= 15 is 0 Å². The van der Waals surface area contributed by atoms with Gasteiger partial charge >= 0.3 is 6.18 Å². The first-order chi connectivity index (χ1) is 12.1. The van der Waals surface area contributed by atoms with Crippen LogP contribution in [0.15, 0.2) is 22.1 Å². The number of morpholine rings is 1. The summed E-state index contributed by atoms with van der Waals surface area (Å²) < 4.78 is 49.1. The summed E-state index contributed by atoms with van der Waals surface area (Å²) in [5.41, 5.74) is 0.323. The van der Waals surface area contributed by atoms with Gasteiger partial charge in [0.25, 0.3) is 5.91 Å². The molecule has 1 fully saturated rings. The molecule has 1 aliphatic heterocycles. The number of amides is 1. The van der Waals surface area contributed by atoms with Crippen LogP contribution in [0.1, 0.15) is 53.7 Å². The molecule has 0 bridgehead atoms. The molecule has 1 atom stereocenters. The number of rotatable bonds is 2. The van der Waals surface area contributed by atoms with Crippen LogP contribution in [0, 0.1) is 0 Å². The van der Waals surface area contributed by atoms with Gasteiger partial charge in [0.1, 0.15) is 11.1 Å². The van der Waals surface area contributed by atoms with Gasteiger partial charge in [-0.05, 0) is 6.07 Å². The number of hydrogen-bond donors (Lipinski definition) is 0. The molecule has 0 N–H and O–H groups in total. The van der Waals surface area contributed by atoms with Crippen molar-refractivity contribution >= 4 is 17.2 Å². The highest BCUT2D eigenvalue weighted by atomic mass is 32.1. The Labute approximate surface area is 152 Å². The van der Waals surface area contributed by atoms with Crippen molar-refractivity contribution in [2.24, 2.45) is 0 Å². The van der Waals surface area contributed by atoms with Crippen molar-refractivity contribution in [1.82, 2.24) is 9.88 Å². The van der Waals surface area contributed by atoms with Gasteiger partial charge in [0.2, 0.25) is 5.76 Å². The SMILES string of the molecule is CC(C)(C)c1csc([C@H]2CN(C(=O)c3ccoc3C(F)(F)F)CCO2)n1. The third-order valence-corrected chi connectivity index (χ3v) is 5.01. The number of furan rings is 1. The molecule has 9 heteroatoms. The lowest BCUT2D eigenvalue weighted by Crippen LogP contribution is -2.42. The third kappa shape index (κ3) is 3.78. The highest BCUT2D eigenvalue weighted by molar-refractivity contribution is 7.09. The first kappa shape index (κ1) is 18.9. The monoisotopic (exact) mass is 388 g/mol. The summed E-state index contributed by atoms with van der Waals surface area (Å²) in [6.07, 6.45) is -4.28. The second-order valence-electron chi connectivity index (χ2n) is 7.09. The molecule has 1 amide bonds. The average Bonchev–Trinajstić information content (AvgIpc) is 3.22. The quantitative estimate of drug-likeness (QED) is 0.771. The van der Waals surface area contributed by atoms with Crippen molar-refractivity contribution < 1.29 is 27.1 Å². The lowest BCUT2D eigenvalue weighted by atomic mass is 9.93. The van der Waals surface area contributed by atoms with Crippen LogP contribution < -0.4 is 0 Å². The van der Waals surface area contributed by atoms with Gasteiger partial charge in [-0.3, -0.25) is 4.79 Å². The fraction of sp³-hybridized carbons (Fsp3) is 0.529. The fourth-order valence-corrected chi connectivity index (χ4v) is 3.71. The maximum Gasteiger partial charge on any atom is 0.450 e. The van der Waals surface area contributed by atoms with Crippen LogP contribution in [0.4, 0.5) is 13.2 Å². The standard InChI is InChI=1S/C17H19F3N2O3S/c1-16(2,3)12-9-26-14(21-12)11-8-22(5-7-24-11)15(23)10-4-6-25-13(10)17(18,19)20/h4,6,9,11H,5,7-8H2,1-3H3/t11-/m1/s1. The van der Waals surface area contributed by atoms with Crippen molar-refractivity contribution in [3.05, 3.63) is 39.7 Å². The van der Waals surface area contributed by atoms with Gasteiger partial charge in [-0.1, -0.05) is 20.8 Å². The fourth-order valence-electron chi connectivity index (χ4n) is 2.63. The molecule has 1 aliphatic rings. The number of carbonyl (C=O) groups is 1. The second-order valence-corrected chi connectivity index (χ2v) is 7.98. The predicted octanol–water partition coefficient (Wildman–Crippen LogP) is 4.27. The molecule has 2 aromatic heterocycles. The predicted molar refractivity (Wildman–Crippen MR) is 89.1 cm³/mol. The Morgan fingerprint density at radius 2 is 2.08 bits per heavy atom. The summed E-state index contributed by atoms with van der Waals surface area (Å²) in [6.45, 7) is 6.73. The molecule has 3 heterocycles. The number of hydrogen-bond acceptors (Lipinski definition) is 5. The van der Waals surface area contributed by atoms with Crippen molar-refractivity contribution in [1.29, 1.82) is 0 Å². The van der Waals surface area contributed by atoms with Crippen LogP contribution in [0.2, 0.25) is 0 Å². The summed E-state index contributed by atoms with van der Waals surface area (Å²) >= 11 is 1.43. The Kier molecular flexibility index (Phi) is 4.87. The number of halogens is 3. The van der Waals surface area contributed by atoms with E-state index in [0.717, 1.165) is 23.0 Å². The molecule has 0 unspecified atom stereocenters. The van der Waals surface area contributed by atoms with E-state index in [0.29, 0.717) is 0 Å². The van der Waals surface area contributed by atoms with E-state index in [1.807, 2.05) is 26.2 Å². The van der Waals surface area contributed by atoms with Crippen LogP contribution in [0.5, 0.6) is 0 Å². The smallest absolute Gasteiger partial charge is 0.450 e. The maximum atomic E-state index is 13.0. The van der Waals surface area contributed by atoms with E-state index in [1.54, 1.807) is 0 Å². The molecular weight excluding hydrogens is 369 g/mol. The highest BCUT2D eigenvalue weighted by Gasteiger charge is 2.41. The lowest BCUT2D eigenvalue weighted by molar-refractivity contribution is -0.153. The number of ether oxygens (including phenoxy) is 1. The van der Waals surface area contributed by atoms with Crippen LogP contribution in [0.25, 0.3) is 0 Å². The molecule has 142 valence electrons.